The van der Waals surface area contributed by atoms with Crippen LogP contribution in [0.4, 0.5) is 0 Å². The van der Waals surface area contributed by atoms with Gasteiger partial charge in [-0.2, -0.15) is 0 Å². The zero-order valence-corrected chi connectivity index (χ0v) is 9.74. The first-order valence-corrected chi connectivity index (χ1v) is 5.52. The van der Waals surface area contributed by atoms with Gasteiger partial charge in [-0.25, -0.2) is 0 Å². The molecule has 0 fully saturated rings. The Morgan fingerprint density at radius 3 is 1.79 bits per heavy atom. The van der Waals surface area contributed by atoms with Crippen molar-refractivity contribution < 1.29 is 15.3 Å². The zero-order chi connectivity index (χ0) is 11.4. The average molecular weight is 206 g/mol. The van der Waals surface area contributed by atoms with Crippen LogP contribution in [0.3, 0.4) is 0 Å². The van der Waals surface area contributed by atoms with Gasteiger partial charge in [-0.05, 0) is 5.92 Å². The smallest absolute Gasteiger partial charge is 0.100 e. The first-order valence-electron chi connectivity index (χ1n) is 5.52. The van der Waals surface area contributed by atoms with Gasteiger partial charge >= 0.3 is 0 Å². The van der Waals surface area contributed by atoms with Gasteiger partial charge in [0.25, 0.3) is 0 Å². The molecule has 1 atom stereocenters. The molecule has 0 spiro atoms. The molecule has 14 heavy (non-hydrogen) atoms. The minimum Gasteiger partial charge on any atom is -0.394 e. The largest absolute Gasteiger partial charge is 0.394 e. The Bertz CT molecular complexity index is 92.5. The van der Waals surface area contributed by atoms with Crippen LogP contribution in [0, 0.1) is 5.92 Å². The number of hydrogen-bond donors (Lipinski definition) is 3. The molecule has 0 rings (SSSR count). The van der Waals surface area contributed by atoms with E-state index in [-0.39, 0.29) is 13.2 Å². The van der Waals surface area contributed by atoms with Crippen molar-refractivity contribution in [3.63, 3.8) is 0 Å². The first-order chi connectivity index (χ1) is 6.62. The number of unbranched alkanes of at least 4 members (excludes halogenated alkanes) is 1. The predicted molar refractivity (Wildman–Crippen MR) is 59.2 cm³/mol. The maximum atomic E-state index is 8.17. The molecule has 0 aliphatic rings. The van der Waals surface area contributed by atoms with Crippen LogP contribution < -0.4 is 0 Å². The summed E-state index contributed by atoms with van der Waals surface area (Å²) in [6.45, 7) is 6.12. The van der Waals surface area contributed by atoms with Gasteiger partial charge in [0.1, 0.15) is 6.10 Å². The van der Waals surface area contributed by atoms with E-state index >= 15 is 0 Å². The highest BCUT2D eigenvalue weighted by Crippen LogP contribution is 2.09. The van der Waals surface area contributed by atoms with E-state index in [9.17, 15) is 0 Å². The first kappa shape index (κ1) is 16.3. The maximum absolute atomic E-state index is 8.17. The molecule has 0 saturated carbocycles. The van der Waals surface area contributed by atoms with Crippen molar-refractivity contribution in [2.45, 2.75) is 52.6 Å². The fourth-order valence-corrected chi connectivity index (χ4v) is 0.814. The van der Waals surface area contributed by atoms with Crippen LogP contribution in [-0.4, -0.2) is 34.6 Å². The Labute approximate surface area is 87.8 Å². The van der Waals surface area contributed by atoms with Crippen LogP contribution in [-0.2, 0) is 0 Å². The molecular weight excluding hydrogens is 180 g/mol. The summed E-state index contributed by atoms with van der Waals surface area (Å²) in [4.78, 5) is 0. The molecule has 0 radical (unpaired) electrons. The summed E-state index contributed by atoms with van der Waals surface area (Å²) in [6.07, 6.45) is 4.58. The molecule has 0 aromatic heterocycles. The van der Waals surface area contributed by atoms with Gasteiger partial charge in [0, 0.05) is 0 Å². The van der Waals surface area contributed by atoms with Gasteiger partial charge < -0.3 is 15.3 Å². The van der Waals surface area contributed by atoms with Crippen LogP contribution in [0.25, 0.3) is 0 Å². The topological polar surface area (TPSA) is 60.7 Å². The van der Waals surface area contributed by atoms with Crippen molar-refractivity contribution in [3.8, 4) is 0 Å². The normalized spacial score (nSPS) is 12.2. The van der Waals surface area contributed by atoms with Crippen molar-refractivity contribution in [1.82, 2.24) is 0 Å². The fourth-order valence-electron chi connectivity index (χ4n) is 0.814. The summed E-state index contributed by atoms with van der Waals surface area (Å²) in [7, 11) is 0. The Balaban J connectivity index is 0. The maximum Gasteiger partial charge on any atom is 0.100 e. The highest BCUT2D eigenvalue weighted by atomic mass is 16.3. The lowest BCUT2D eigenvalue weighted by atomic mass is 10.0. The van der Waals surface area contributed by atoms with Gasteiger partial charge in [-0.1, -0.05) is 46.5 Å². The van der Waals surface area contributed by atoms with Crippen LogP contribution >= 0.6 is 0 Å². The standard InChI is InChI=1S/C8H18.C3H8O3/c1-4-6-7-8(3)5-2;4-1-3(6)2-5/h8H,4-7H2,1-3H3;3-6H,1-2H2. The quantitative estimate of drug-likeness (QED) is 0.618. The van der Waals surface area contributed by atoms with E-state index in [4.69, 9.17) is 15.3 Å². The third kappa shape index (κ3) is 14.4. The van der Waals surface area contributed by atoms with E-state index in [1.165, 1.54) is 25.7 Å². The van der Waals surface area contributed by atoms with Crippen molar-refractivity contribution in [3.05, 3.63) is 0 Å². The lowest BCUT2D eigenvalue weighted by molar-refractivity contribution is 0.0450. The van der Waals surface area contributed by atoms with E-state index in [1.54, 1.807) is 0 Å². The van der Waals surface area contributed by atoms with Gasteiger partial charge in [-0.15, -0.1) is 0 Å². The van der Waals surface area contributed by atoms with Crippen molar-refractivity contribution in [2.24, 2.45) is 5.92 Å². The molecule has 0 bridgehead atoms. The Kier molecular flexibility index (Phi) is 15.0. The van der Waals surface area contributed by atoms with Gasteiger partial charge in [0.05, 0.1) is 13.2 Å². The van der Waals surface area contributed by atoms with Crippen LogP contribution in [0.2, 0.25) is 0 Å². The Hall–Kier alpha value is -0.120. The fraction of sp³-hybridized carbons (Fsp3) is 1.00. The minimum absolute atomic E-state index is 0.365. The van der Waals surface area contributed by atoms with E-state index < -0.39 is 6.10 Å². The summed E-state index contributed by atoms with van der Waals surface area (Å²) in [6, 6.07) is 0. The van der Waals surface area contributed by atoms with Crippen molar-refractivity contribution >= 4 is 0 Å². The molecule has 3 N–H and O–H groups in total. The lowest BCUT2D eigenvalue weighted by Gasteiger charge is -2.04. The van der Waals surface area contributed by atoms with Crippen LogP contribution in [0.5, 0.6) is 0 Å². The van der Waals surface area contributed by atoms with E-state index in [2.05, 4.69) is 20.8 Å². The summed E-state index contributed by atoms with van der Waals surface area (Å²) in [5, 5.41) is 24.0. The molecular formula is C11H26O3. The molecule has 0 saturated heterocycles. The highest BCUT2D eigenvalue weighted by molar-refractivity contribution is 4.47. The molecule has 3 heteroatoms. The molecule has 1 unspecified atom stereocenters. The van der Waals surface area contributed by atoms with E-state index in [1.807, 2.05) is 0 Å². The van der Waals surface area contributed by atoms with E-state index in [0.717, 1.165) is 5.92 Å². The van der Waals surface area contributed by atoms with Crippen LogP contribution in [0.1, 0.15) is 46.5 Å². The second kappa shape index (κ2) is 12.9. The zero-order valence-electron chi connectivity index (χ0n) is 9.74. The lowest BCUT2D eigenvalue weighted by Crippen LogP contribution is -2.15. The molecule has 0 aliphatic heterocycles. The number of aliphatic hydroxyl groups excluding tert-OH is 3. The monoisotopic (exact) mass is 206 g/mol. The summed E-state index contributed by atoms with van der Waals surface area (Å²) in [5.74, 6) is 0.954. The molecule has 0 heterocycles. The third-order valence-electron chi connectivity index (χ3n) is 2.17. The van der Waals surface area contributed by atoms with Gasteiger partial charge in [0.15, 0.2) is 0 Å². The molecule has 0 aliphatic carbocycles. The van der Waals surface area contributed by atoms with Gasteiger partial charge in [-0.3, -0.25) is 0 Å². The molecule has 3 nitrogen and oxygen atoms in total. The SMILES string of the molecule is CCCCC(C)CC.OCC(O)CO. The third-order valence-corrected chi connectivity index (χ3v) is 2.17. The summed E-state index contributed by atoms with van der Waals surface area (Å²) < 4.78 is 0. The Morgan fingerprint density at radius 1 is 1.07 bits per heavy atom. The second-order valence-corrected chi connectivity index (χ2v) is 3.67. The number of rotatable bonds is 6. The number of aliphatic hydroxyl groups is 3. The minimum atomic E-state index is -0.954. The molecule has 0 aromatic carbocycles. The summed E-state index contributed by atoms with van der Waals surface area (Å²) in [5.41, 5.74) is 0. The predicted octanol–water partition coefficient (Wildman–Crippen LogP) is 1.55. The molecule has 0 aromatic rings. The number of hydrogen-bond acceptors (Lipinski definition) is 3. The van der Waals surface area contributed by atoms with Gasteiger partial charge in [0.2, 0.25) is 0 Å². The average Bonchev–Trinajstić information content (AvgIpc) is 2.25. The van der Waals surface area contributed by atoms with E-state index in [0.29, 0.717) is 0 Å². The highest BCUT2D eigenvalue weighted by Gasteiger charge is 1.94. The second-order valence-electron chi connectivity index (χ2n) is 3.67. The Morgan fingerprint density at radius 2 is 1.57 bits per heavy atom. The van der Waals surface area contributed by atoms with Crippen molar-refractivity contribution in [2.75, 3.05) is 13.2 Å². The molecule has 88 valence electrons. The summed E-state index contributed by atoms with van der Waals surface area (Å²) >= 11 is 0. The van der Waals surface area contributed by atoms with Crippen LogP contribution in [0.15, 0.2) is 0 Å². The molecule has 0 amide bonds. The van der Waals surface area contributed by atoms with Crippen molar-refractivity contribution in [1.29, 1.82) is 0 Å².